The highest BCUT2D eigenvalue weighted by Crippen LogP contribution is 2.41. The third kappa shape index (κ3) is 7.02. The summed E-state index contributed by atoms with van der Waals surface area (Å²) in [5.74, 6) is 0.525. The number of aryl methyl sites for hydroxylation is 1. The fourth-order valence-corrected chi connectivity index (χ4v) is 5.85. The van der Waals surface area contributed by atoms with Crippen molar-refractivity contribution in [2.45, 2.75) is 46.1 Å². The van der Waals surface area contributed by atoms with Crippen molar-refractivity contribution in [3.05, 3.63) is 84.6 Å². The van der Waals surface area contributed by atoms with Gasteiger partial charge in [-0.25, -0.2) is 0 Å². The first-order chi connectivity index (χ1) is 15.3. The van der Waals surface area contributed by atoms with E-state index in [-0.39, 0.29) is 10.8 Å². The van der Waals surface area contributed by atoms with Gasteiger partial charge in [0.15, 0.2) is 0 Å². The van der Waals surface area contributed by atoms with Crippen molar-refractivity contribution < 1.29 is 9.72 Å². The SMILES string of the molecule is CCSC(SCC)=C(C(=O)Nc1ccc(Cl)cc1)C(c1ccc(C)cc1)C(CC)[N+](=O)[O-]. The summed E-state index contributed by atoms with van der Waals surface area (Å²) >= 11 is 9.09. The average Bonchev–Trinajstić information content (AvgIpc) is 2.76. The number of nitrogens with zero attached hydrogens (tertiary/aromatic N) is 1. The van der Waals surface area contributed by atoms with Gasteiger partial charge in [0, 0.05) is 26.3 Å². The topological polar surface area (TPSA) is 72.2 Å². The molecule has 32 heavy (non-hydrogen) atoms. The molecule has 0 saturated heterocycles. The van der Waals surface area contributed by atoms with Gasteiger partial charge in [0.25, 0.3) is 5.91 Å². The Balaban J connectivity index is 2.68. The minimum absolute atomic E-state index is 0.259. The van der Waals surface area contributed by atoms with Gasteiger partial charge in [-0.3, -0.25) is 14.9 Å². The molecule has 0 heterocycles. The van der Waals surface area contributed by atoms with E-state index in [4.69, 9.17) is 11.6 Å². The fraction of sp³-hybridized carbons (Fsp3) is 0.375. The molecule has 1 amide bonds. The third-order valence-corrected chi connectivity index (χ3v) is 7.44. The Bertz CT molecular complexity index is 939. The summed E-state index contributed by atoms with van der Waals surface area (Å²) in [6.07, 6.45) is 0.310. The zero-order chi connectivity index (χ0) is 23.7. The molecule has 0 saturated carbocycles. The highest BCUT2D eigenvalue weighted by molar-refractivity contribution is 8.22. The number of nitro groups is 1. The molecule has 0 aliphatic rings. The lowest BCUT2D eigenvalue weighted by Gasteiger charge is -2.25. The Morgan fingerprint density at radius 1 is 1.03 bits per heavy atom. The molecule has 0 aliphatic heterocycles. The second-order valence-electron chi connectivity index (χ2n) is 7.18. The number of hydrogen-bond donors (Lipinski definition) is 1. The van der Waals surface area contributed by atoms with Crippen LogP contribution in [-0.2, 0) is 4.79 Å². The van der Waals surface area contributed by atoms with Gasteiger partial charge in [-0.2, -0.15) is 0 Å². The molecule has 0 aromatic heterocycles. The summed E-state index contributed by atoms with van der Waals surface area (Å²) < 4.78 is 0.826. The Morgan fingerprint density at radius 2 is 1.59 bits per heavy atom. The molecule has 2 atom stereocenters. The molecule has 2 unspecified atom stereocenters. The number of carbonyl (C=O) groups is 1. The van der Waals surface area contributed by atoms with Crippen LogP contribution < -0.4 is 5.32 Å². The number of halogens is 1. The number of carbonyl (C=O) groups excluding carboxylic acids is 1. The van der Waals surface area contributed by atoms with Crippen molar-refractivity contribution >= 4 is 46.7 Å². The van der Waals surface area contributed by atoms with E-state index in [9.17, 15) is 14.9 Å². The van der Waals surface area contributed by atoms with Crippen LogP contribution in [0.3, 0.4) is 0 Å². The number of hydrogen-bond acceptors (Lipinski definition) is 5. The number of thioether (sulfide) groups is 2. The van der Waals surface area contributed by atoms with Crippen molar-refractivity contribution in [2.75, 3.05) is 16.8 Å². The van der Waals surface area contributed by atoms with E-state index in [0.717, 1.165) is 26.9 Å². The predicted octanol–water partition coefficient (Wildman–Crippen LogP) is 7.14. The van der Waals surface area contributed by atoms with Crippen molar-refractivity contribution in [3.63, 3.8) is 0 Å². The number of benzene rings is 2. The van der Waals surface area contributed by atoms with Gasteiger partial charge in [-0.1, -0.05) is 62.2 Å². The van der Waals surface area contributed by atoms with Crippen LogP contribution >= 0.6 is 35.1 Å². The summed E-state index contributed by atoms with van der Waals surface area (Å²) in [7, 11) is 0. The third-order valence-electron chi connectivity index (χ3n) is 4.94. The van der Waals surface area contributed by atoms with E-state index >= 15 is 0 Å². The first-order valence-corrected chi connectivity index (χ1v) is 12.9. The highest BCUT2D eigenvalue weighted by Gasteiger charge is 2.39. The van der Waals surface area contributed by atoms with Gasteiger partial charge in [0.05, 0.1) is 11.5 Å². The molecule has 8 heteroatoms. The number of nitrogens with one attached hydrogen (secondary N) is 1. The average molecular weight is 493 g/mol. The van der Waals surface area contributed by atoms with Gasteiger partial charge in [0.2, 0.25) is 6.04 Å². The molecule has 0 radical (unpaired) electrons. The minimum Gasteiger partial charge on any atom is -0.322 e. The van der Waals surface area contributed by atoms with E-state index in [1.807, 2.05) is 45.0 Å². The molecular formula is C24H29ClN2O3S2. The van der Waals surface area contributed by atoms with E-state index in [1.165, 1.54) is 0 Å². The molecule has 1 N–H and O–H groups in total. The summed E-state index contributed by atoms with van der Waals surface area (Å²) in [4.78, 5) is 25.5. The molecule has 5 nitrogen and oxygen atoms in total. The molecule has 2 aromatic rings. The molecule has 0 aliphatic carbocycles. The number of amides is 1. The lowest BCUT2D eigenvalue weighted by Crippen LogP contribution is -2.33. The van der Waals surface area contributed by atoms with E-state index in [2.05, 4.69) is 5.32 Å². The molecular weight excluding hydrogens is 464 g/mol. The van der Waals surface area contributed by atoms with Crippen LogP contribution in [0.1, 0.15) is 44.2 Å². The molecule has 0 spiro atoms. The number of rotatable bonds is 11. The second kappa shape index (κ2) is 12.9. The summed E-state index contributed by atoms with van der Waals surface area (Å²) in [6, 6.07) is 13.6. The summed E-state index contributed by atoms with van der Waals surface area (Å²) in [5.41, 5.74) is 2.87. The maximum absolute atomic E-state index is 13.7. The molecule has 0 bridgehead atoms. The monoisotopic (exact) mass is 492 g/mol. The van der Waals surface area contributed by atoms with E-state index in [1.54, 1.807) is 54.7 Å². The fourth-order valence-electron chi connectivity index (χ4n) is 3.41. The lowest BCUT2D eigenvalue weighted by molar-refractivity contribution is -0.525. The Kier molecular flexibility index (Phi) is 10.6. The maximum Gasteiger partial charge on any atom is 0.254 e. The molecule has 2 rings (SSSR count). The first kappa shape index (κ1) is 26.3. The van der Waals surface area contributed by atoms with Gasteiger partial charge in [-0.15, -0.1) is 23.5 Å². The Morgan fingerprint density at radius 3 is 2.06 bits per heavy atom. The lowest BCUT2D eigenvalue weighted by atomic mass is 9.83. The number of anilines is 1. The normalized spacial score (nSPS) is 12.7. The standard InChI is InChI=1S/C24H29ClN2O3S2/c1-5-20(27(29)30)21(17-10-8-16(4)9-11-17)22(24(31-6-2)32-7-3)23(28)26-19-14-12-18(25)13-15-19/h8-15,20-21H,5-7H2,1-4H3,(H,26,28). The zero-order valence-electron chi connectivity index (χ0n) is 18.8. The smallest absolute Gasteiger partial charge is 0.254 e. The molecule has 2 aromatic carbocycles. The maximum atomic E-state index is 13.7. The van der Waals surface area contributed by atoms with Crippen LogP contribution in [0.2, 0.25) is 5.02 Å². The quantitative estimate of drug-likeness (QED) is 0.205. The van der Waals surface area contributed by atoms with Gasteiger partial charge in [-0.05, 0) is 48.3 Å². The van der Waals surface area contributed by atoms with Crippen LogP contribution in [0.15, 0.2) is 58.3 Å². The first-order valence-electron chi connectivity index (χ1n) is 10.6. The van der Waals surface area contributed by atoms with Crippen LogP contribution in [0, 0.1) is 17.0 Å². The van der Waals surface area contributed by atoms with Crippen LogP contribution in [0.4, 0.5) is 5.69 Å². The van der Waals surface area contributed by atoms with Crippen molar-refractivity contribution in [1.82, 2.24) is 0 Å². The van der Waals surface area contributed by atoms with Crippen molar-refractivity contribution in [3.8, 4) is 0 Å². The second-order valence-corrected chi connectivity index (χ2v) is 10.4. The van der Waals surface area contributed by atoms with Crippen LogP contribution in [0.25, 0.3) is 0 Å². The van der Waals surface area contributed by atoms with E-state index in [0.29, 0.717) is 22.7 Å². The summed E-state index contributed by atoms with van der Waals surface area (Å²) in [6.45, 7) is 7.80. The minimum atomic E-state index is -0.923. The Hall–Kier alpha value is -1.96. The Labute approximate surface area is 203 Å². The van der Waals surface area contributed by atoms with Gasteiger partial charge in [0.1, 0.15) is 0 Å². The largest absolute Gasteiger partial charge is 0.322 e. The highest BCUT2D eigenvalue weighted by atomic mass is 35.5. The van der Waals surface area contributed by atoms with Crippen molar-refractivity contribution in [2.24, 2.45) is 0 Å². The van der Waals surface area contributed by atoms with Crippen LogP contribution in [-0.4, -0.2) is 28.4 Å². The van der Waals surface area contributed by atoms with Crippen LogP contribution in [0.5, 0.6) is 0 Å². The summed E-state index contributed by atoms with van der Waals surface area (Å²) in [5, 5.41) is 15.6. The van der Waals surface area contributed by atoms with Gasteiger partial charge < -0.3 is 5.32 Å². The molecule has 0 fully saturated rings. The van der Waals surface area contributed by atoms with Gasteiger partial charge >= 0.3 is 0 Å². The predicted molar refractivity (Wildman–Crippen MR) is 138 cm³/mol. The van der Waals surface area contributed by atoms with Crippen molar-refractivity contribution in [1.29, 1.82) is 0 Å². The molecule has 172 valence electrons. The van der Waals surface area contributed by atoms with E-state index < -0.39 is 12.0 Å². The zero-order valence-corrected chi connectivity index (χ0v) is 21.2.